The molecule has 0 unspecified atom stereocenters. The summed E-state index contributed by atoms with van der Waals surface area (Å²) >= 11 is 0. The molecule has 8 nitrogen and oxygen atoms in total. The number of esters is 1. The molecular formula is C13H19N3O5. The maximum Gasteiger partial charge on any atom is 0.326 e. The summed E-state index contributed by atoms with van der Waals surface area (Å²) < 4.78 is 4.44. The highest BCUT2D eigenvalue weighted by Crippen LogP contribution is 2.27. The summed E-state index contributed by atoms with van der Waals surface area (Å²) in [6.07, 6.45) is 1.79. The number of carboxylic acid groups (broad SMARTS) is 1. The smallest absolute Gasteiger partial charge is 0.326 e. The molecule has 0 spiro atoms. The van der Waals surface area contributed by atoms with Gasteiger partial charge in [0.25, 0.3) is 0 Å². The summed E-state index contributed by atoms with van der Waals surface area (Å²) in [6, 6.07) is 0.375. The molecule has 0 aromatic carbocycles. The second kappa shape index (κ2) is 8.09. The fourth-order valence-electron chi connectivity index (χ4n) is 1.86. The number of carbonyl (C=O) groups excluding carboxylic acids is 2. The van der Waals surface area contributed by atoms with E-state index in [2.05, 4.69) is 10.1 Å². The lowest BCUT2D eigenvalue weighted by atomic mass is 10.1. The van der Waals surface area contributed by atoms with Gasteiger partial charge < -0.3 is 20.1 Å². The number of ether oxygens (including phenoxy) is 1. The molecule has 1 saturated carbocycles. The minimum Gasteiger partial charge on any atom is -0.480 e. The van der Waals surface area contributed by atoms with Crippen molar-refractivity contribution < 1.29 is 24.2 Å². The molecule has 116 valence electrons. The average Bonchev–Trinajstić information content (AvgIpc) is 3.27. The number of rotatable bonds is 8. The van der Waals surface area contributed by atoms with E-state index in [1.807, 2.05) is 6.07 Å². The molecule has 0 radical (unpaired) electrons. The molecule has 0 bridgehead atoms. The van der Waals surface area contributed by atoms with Crippen LogP contribution in [-0.4, -0.2) is 53.7 Å². The molecule has 8 heteroatoms. The van der Waals surface area contributed by atoms with Gasteiger partial charge in [-0.3, -0.25) is 4.79 Å². The molecule has 0 aromatic rings. The topological polar surface area (TPSA) is 120 Å². The van der Waals surface area contributed by atoms with E-state index in [1.165, 1.54) is 12.0 Å². The molecule has 2 N–H and O–H groups in total. The first-order valence-electron chi connectivity index (χ1n) is 6.73. The van der Waals surface area contributed by atoms with Crippen molar-refractivity contribution >= 4 is 18.0 Å². The zero-order valence-corrected chi connectivity index (χ0v) is 11.9. The summed E-state index contributed by atoms with van der Waals surface area (Å²) in [6.45, 7) is 0.274. The molecule has 0 aromatic heterocycles. The van der Waals surface area contributed by atoms with Crippen LogP contribution >= 0.6 is 0 Å². The van der Waals surface area contributed by atoms with Gasteiger partial charge in [-0.25, -0.2) is 9.59 Å². The van der Waals surface area contributed by atoms with Crippen LogP contribution in [0, 0.1) is 11.3 Å². The predicted molar refractivity (Wildman–Crippen MR) is 71.2 cm³/mol. The second-order valence-electron chi connectivity index (χ2n) is 4.79. The van der Waals surface area contributed by atoms with Crippen molar-refractivity contribution in [3.63, 3.8) is 0 Å². The third-order valence-corrected chi connectivity index (χ3v) is 3.17. The van der Waals surface area contributed by atoms with E-state index in [4.69, 9.17) is 10.4 Å². The number of nitrogens with zero attached hydrogens (tertiary/aromatic N) is 2. The molecule has 1 aliphatic carbocycles. The van der Waals surface area contributed by atoms with E-state index >= 15 is 0 Å². The van der Waals surface area contributed by atoms with Gasteiger partial charge in [0.2, 0.25) is 0 Å². The third kappa shape index (κ3) is 5.69. The Balaban J connectivity index is 2.55. The van der Waals surface area contributed by atoms with Crippen LogP contribution < -0.4 is 5.32 Å². The number of nitrogens with one attached hydrogen (secondary N) is 1. The highest BCUT2D eigenvalue weighted by Gasteiger charge is 2.34. The Bertz CT molecular complexity index is 442. The molecule has 1 fully saturated rings. The Morgan fingerprint density at radius 1 is 1.48 bits per heavy atom. The number of urea groups is 1. The van der Waals surface area contributed by atoms with Crippen LogP contribution in [0.4, 0.5) is 4.79 Å². The molecule has 0 heterocycles. The Kier molecular flexibility index (Phi) is 6.46. The van der Waals surface area contributed by atoms with Crippen molar-refractivity contribution in [1.29, 1.82) is 5.26 Å². The number of amides is 2. The van der Waals surface area contributed by atoms with Gasteiger partial charge in [0.1, 0.15) is 6.04 Å². The predicted octanol–water partition coefficient (Wildman–Crippen LogP) is 0.480. The van der Waals surface area contributed by atoms with Gasteiger partial charge >= 0.3 is 18.0 Å². The number of aliphatic carboxylic acids is 1. The summed E-state index contributed by atoms with van der Waals surface area (Å²) in [5, 5.41) is 20.1. The van der Waals surface area contributed by atoms with Crippen molar-refractivity contribution in [1.82, 2.24) is 10.2 Å². The van der Waals surface area contributed by atoms with Crippen LogP contribution in [0.2, 0.25) is 0 Å². The summed E-state index contributed by atoms with van der Waals surface area (Å²) in [5.74, 6) is -1.73. The zero-order chi connectivity index (χ0) is 15.8. The zero-order valence-electron chi connectivity index (χ0n) is 11.9. The van der Waals surface area contributed by atoms with E-state index in [0.717, 1.165) is 12.8 Å². The van der Waals surface area contributed by atoms with Gasteiger partial charge in [-0.05, 0) is 19.3 Å². The number of hydrogen-bond donors (Lipinski definition) is 2. The molecule has 1 rings (SSSR count). The minimum atomic E-state index is -1.21. The first-order valence-corrected chi connectivity index (χ1v) is 6.73. The monoisotopic (exact) mass is 297 g/mol. The van der Waals surface area contributed by atoms with Crippen LogP contribution in [0.25, 0.3) is 0 Å². The van der Waals surface area contributed by atoms with Crippen molar-refractivity contribution in [3.05, 3.63) is 0 Å². The Morgan fingerprint density at radius 2 is 2.14 bits per heavy atom. The standard InChI is InChI=1S/C13H19N3O5/c1-21-11(17)6-5-10(12(18)19)15-13(20)16(8-2-7-14)9-3-4-9/h9-10H,2-6,8H2,1H3,(H,15,20)(H,18,19)/t10-/m0/s1. The van der Waals surface area contributed by atoms with Crippen LogP contribution in [-0.2, 0) is 14.3 Å². The lowest BCUT2D eigenvalue weighted by Crippen LogP contribution is -2.49. The summed E-state index contributed by atoms with van der Waals surface area (Å²) in [7, 11) is 1.22. The number of carbonyl (C=O) groups is 3. The molecule has 1 aliphatic rings. The van der Waals surface area contributed by atoms with Crippen molar-refractivity contribution in [2.24, 2.45) is 0 Å². The lowest BCUT2D eigenvalue weighted by Gasteiger charge is -2.24. The lowest BCUT2D eigenvalue weighted by molar-refractivity contribution is -0.142. The van der Waals surface area contributed by atoms with Gasteiger partial charge in [0.15, 0.2) is 0 Å². The van der Waals surface area contributed by atoms with E-state index < -0.39 is 24.0 Å². The minimum absolute atomic E-state index is 0.0372. The average molecular weight is 297 g/mol. The largest absolute Gasteiger partial charge is 0.480 e. The van der Waals surface area contributed by atoms with E-state index in [1.54, 1.807) is 0 Å². The SMILES string of the molecule is COC(=O)CC[C@H](NC(=O)N(CCC#N)C1CC1)C(=O)O. The maximum atomic E-state index is 12.1. The van der Waals surface area contributed by atoms with Crippen LogP contribution in [0.1, 0.15) is 32.1 Å². The van der Waals surface area contributed by atoms with E-state index in [-0.39, 0.29) is 31.8 Å². The quantitative estimate of drug-likeness (QED) is 0.629. The fourth-order valence-corrected chi connectivity index (χ4v) is 1.86. The molecule has 2 amide bonds. The first-order chi connectivity index (χ1) is 9.99. The number of nitriles is 1. The van der Waals surface area contributed by atoms with Gasteiger partial charge in [0, 0.05) is 19.0 Å². The van der Waals surface area contributed by atoms with Gasteiger partial charge in [-0.2, -0.15) is 5.26 Å². The first kappa shape index (κ1) is 16.8. The van der Waals surface area contributed by atoms with Crippen molar-refractivity contribution in [2.45, 2.75) is 44.2 Å². The molecule has 21 heavy (non-hydrogen) atoms. The van der Waals surface area contributed by atoms with Gasteiger partial charge in [-0.1, -0.05) is 0 Å². The normalized spacial score (nSPS) is 14.7. The summed E-state index contributed by atoms with van der Waals surface area (Å²) in [4.78, 5) is 35.7. The van der Waals surface area contributed by atoms with Crippen LogP contribution in [0.3, 0.4) is 0 Å². The highest BCUT2D eigenvalue weighted by molar-refractivity contribution is 5.83. The van der Waals surface area contributed by atoms with Crippen LogP contribution in [0.5, 0.6) is 0 Å². The van der Waals surface area contributed by atoms with E-state index in [0.29, 0.717) is 0 Å². The van der Waals surface area contributed by atoms with Crippen molar-refractivity contribution in [3.8, 4) is 6.07 Å². The van der Waals surface area contributed by atoms with Crippen molar-refractivity contribution in [2.75, 3.05) is 13.7 Å². The molecule has 0 aliphatic heterocycles. The fraction of sp³-hybridized carbons (Fsp3) is 0.692. The number of methoxy groups -OCH3 is 1. The Labute approximate surface area is 122 Å². The van der Waals surface area contributed by atoms with Gasteiger partial charge in [0.05, 0.1) is 19.6 Å². The Morgan fingerprint density at radius 3 is 2.62 bits per heavy atom. The van der Waals surface area contributed by atoms with Gasteiger partial charge in [-0.15, -0.1) is 0 Å². The molecule has 1 atom stereocenters. The maximum absolute atomic E-state index is 12.1. The second-order valence-corrected chi connectivity index (χ2v) is 4.79. The number of hydrogen-bond acceptors (Lipinski definition) is 5. The van der Waals surface area contributed by atoms with Crippen LogP contribution in [0.15, 0.2) is 0 Å². The number of carboxylic acids is 1. The van der Waals surface area contributed by atoms with E-state index in [9.17, 15) is 14.4 Å². The Hall–Kier alpha value is -2.30. The third-order valence-electron chi connectivity index (χ3n) is 3.17. The molecular weight excluding hydrogens is 278 g/mol. The molecule has 0 saturated heterocycles. The summed E-state index contributed by atoms with van der Waals surface area (Å²) in [5.41, 5.74) is 0. The highest BCUT2D eigenvalue weighted by atomic mass is 16.5.